The van der Waals surface area contributed by atoms with Gasteiger partial charge >= 0.3 is 5.69 Å². The van der Waals surface area contributed by atoms with Gasteiger partial charge in [0.05, 0.1) is 12.6 Å². The van der Waals surface area contributed by atoms with Gasteiger partial charge in [-0.2, -0.15) is 0 Å². The molecule has 112 valence electrons. The SMILES string of the molecule is Cc1[nH]c(=O)[nH]c(=O)c1CCC(=O)N[C@H](CO)C(C)C. The highest BCUT2D eigenvalue weighted by molar-refractivity contribution is 5.76. The van der Waals surface area contributed by atoms with Crippen LogP contribution in [-0.2, 0) is 11.2 Å². The van der Waals surface area contributed by atoms with Gasteiger partial charge in [0.25, 0.3) is 5.56 Å². The topological polar surface area (TPSA) is 115 Å². The van der Waals surface area contributed by atoms with Gasteiger partial charge < -0.3 is 15.4 Å². The minimum Gasteiger partial charge on any atom is -0.394 e. The number of aromatic nitrogens is 2. The third-order valence-electron chi connectivity index (χ3n) is 3.20. The molecule has 7 nitrogen and oxygen atoms in total. The highest BCUT2D eigenvalue weighted by Crippen LogP contribution is 2.03. The van der Waals surface area contributed by atoms with E-state index in [2.05, 4.69) is 15.3 Å². The number of aromatic amines is 2. The van der Waals surface area contributed by atoms with Crippen molar-refractivity contribution in [1.82, 2.24) is 15.3 Å². The molecule has 0 saturated heterocycles. The van der Waals surface area contributed by atoms with E-state index in [-0.39, 0.29) is 37.3 Å². The van der Waals surface area contributed by atoms with Crippen LogP contribution < -0.4 is 16.6 Å². The van der Waals surface area contributed by atoms with Crippen LogP contribution >= 0.6 is 0 Å². The smallest absolute Gasteiger partial charge is 0.325 e. The quantitative estimate of drug-likeness (QED) is 0.560. The molecular weight excluding hydrogens is 262 g/mol. The lowest BCUT2D eigenvalue weighted by Crippen LogP contribution is -2.41. The van der Waals surface area contributed by atoms with Crippen LogP contribution in [0.4, 0.5) is 0 Å². The van der Waals surface area contributed by atoms with E-state index in [4.69, 9.17) is 5.11 Å². The number of aliphatic hydroxyl groups is 1. The number of aryl methyl sites for hydroxylation is 1. The number of rotatable bonds is 6. The van der Waals surface area contributed by atoms with Crippen LogP contribution in [0.15, 0.2) is 9.59 Å². The second kappa shape index (κ2) is 7.04. The van der Waals surface area contributed by atoms with Gasteiger partial charge in [-0.05, 0) is 19.3 Å². The van der Waals surface area contributed by atoms with E-state index < -0.39 is 11.2 Å². The van der Waals surface area contributed by atoms with Gasteiger partial charge in [0.15, 0.2) is 0 Å². The monoisotopic (exact) mass is 283 g/mol. The van der Waals surface area contributed by atoms with Crippen molar-refractivity contribution in [1.29, 1.82) is 0 Å². The summed E-state index contributed by atoms with van der Waals surface area (Å²) < 4.78 is 0. The first-order valence-electron chi connectivity index (χ1n) is 6.57. The Bertz CT molecular complexity index is 574. The summed E-state index contributed by atoms with van der Waals surface area (Å²) in [7, 11) is 0. The van der Waals surface area contributed by atoms with E-state index in [1.165, 1.54) is 0 Å². The Morgan fingerprint density at radius 3 is 2.45 bits per heavy atom. The largest absolute Gasteiger partial charge is 0.394 e. The van der Waals surface area contributed by atoms with Crippen LogP contribution in [0, 0.1) is 12.8 Å². The highest BCUT2D eigenvalue weighted by Gasteiger charge is 2.15. The molecule has 1 heterocycles. The molecule has 0 aromatic carbocycles. The van der Waals surface area contributed by atoms with Gasteiger partial charge in [0.1, 0.15) is 0 Å². The molecule has 1 amide bonds. The molecule has 1 aromatic rings. The summed E-state index contributed by atoms with van der Waals surface area (Å²) in [5.41, 5.74) is -0.165. The normalized spacial score (nSPS) is 12.4. The van der Waals surface area contributed by atoms with Gasteiger partial charge in [0, 0.05) is 17.7 Å². The van der Waals surface area contributed by atoms with Crippen molar-refractivity contribution in [2.24, 2.45) is 5.92 Å². The molecule has 0 bridgehead atoms. The van der Waals surface area contributed by atoms with Gasteiger partial charge in [-0.1, -0.05) is 13.8 Å². The lowest BCUT2D eigenvalue weighted by atomic mass is 10.0. The predicted molar refractivity (Wildman–Crippen MR) is 74.6 cm³/mol. The summed E-state index contributed by atoms with van der Waals surface area (Å²) in [6, 6.07) is -0.294. The maximum absolute atomic E-state index is 11.8. The van der Waals surface area contributed by atoms with Crippen LogP contribution in [0.2, 0.25) is 0 Å². The number of nitrogens with one attached hydrogen (secondary N) is 3. The van der Waals surface area contributed by atoms with Gasteiger partial charge in [0.2, 0.25) is 5.91 Å². The number of hydrogen-bond donors (Lipinski definition) is 4. The summed E-state index contributed by atoms with van der Waals surface area (Å²) >= 11 is 0. The molecule has 4 N–H and O–H groups in total. The molecule has 0 spiro atoms. The van der Waals surface area contributed by atoms with Gasteiger partial charge in [-0.15, -0.1) is 0 Å². The van der Waals surface area contributed by atoms with Crippen molar-refractivity contribution < 1.29 is 9.90 Å². The average molecular weight is 283 g/mol. The van der Waals surface area contributed by atoms with Crippen molar-refractivity contribution in [3.05, 3.63) is 32.1 Å². The molecule has 0 aliphatic heterocycles. The van der Waals surface area contributed by atoms with Gasteiger partial charge in [-0.3, -0.25) is 14.6 Å². The summed E-state index contributed by atoms with van der Waals surface area (Å²) in [4.78, 5) is 39.1. The predicted octanol–water partition coefficient (Wildman–Crippen LogP) is -0.563. The van der Waals surface area contributed by atoms with E-state index in [1.54, 1.807) is 6.92 Å². The number of carbonyl (C=O) groups excluding carboxylic acids is 1. The molecule has 1 rings (SSSR count). The van der Waals surface area contributed by atoms with Crippen LogP contribution in [0.3, 0.4) is 0 Å². The fourth-order valence-corrected chi connectivity index (χ4v) is 1.87. The molecule has 0 unspecified atom stereocenters. The number of hydrogen-bond acceptors (Lipinski definition) is 4. The van der Waals surface area contributed by atoms with Crippen LogP contribution in [0.1, 0.15) is 31.5 Å². The van der Waals surface area contributed by atoms with Crippen LogP contribution in [-0.4, -0.2) is 33.6 Å². The molecular formula is C13H21N3O4. The highest BCUT2D eigenvalue weighted by atomic mass is 16.3. The minimum absolute atomic E-state index is 0.123. The van der Waals surface area contributed by atoms with Crippen LogP contribution in [0.5, 0.6) is 0 Å². The zero-order chi connectivity index (χ0) is 15.3. The Balaban J connectivity index is 2.66. The first-order valence-corrected chi connectivity index (χ1v) is 6.57. The second-order valence-electron chi connectivity index (χ2n) is 5.11. The summed E-state index contributed by atoms with van der Waals surface area (Å²) in [6.07, 6.45) is 0.360. The molecule has 7 heteroatoms. The Labute approximate surface area is 116 Å². The molecule has 0 aliphatic carbocycles. The number of carbonyl (C=O) groups is 1. The minimum atomic E-state index is -0.555. The van der Waals surface area contributed by atoms with Crippen molar-refractivity contribution in [2.75, 3.05) is 6.61 Å². The molecule has 20 heavy (non-hydrogen) atoms. The van der Waals surface area contributed by atoms with E-state index >= 15 is 0 Å². The maximum atomic E-state index is 11.8. The third kappa shape index (κ3) is 4.34. The van der Waals surface area contributed by atoms with E-state index in [0.717, 1.165) is 0 Å². The Kier molecular flexibility index (Phi) is 5.69. The Hall–Kier alpha value is -1.89. The third-order valence-corrected chi connectivity index (χ3v) is 3.20. The van der Waals surface area contributed by atoms with Crippen molar-refractivity contribution in [3.8, 4) is 0 Å². The number of H-pyrrole nitrogens is 2. The number of aliphatic hydroxyl groups excluding tert-OH is 1. The van der Waals surface area contributed by atoms with Crippen molar-refractivity contribution in [2.45, 2.75) is 39.7 Å². The molecule has 0 fully saturated rings. The molecule has 0 radical (unpaired) electrons. The Morgan fingerprint density at radius 1 is 1.30 bits per heavy atom. The molecule has 0 saturated carbocycles. The van der Waals surface area contributed by atoms with Crippen molar-refractivity contribution in [3.63, 3.8) is 0 Å². The lowest BCUT2D eigenvalue weighted by Gasteiger charge is -2.19. The maximum Gasteiger partial charge on any atom is 0.325 e. The average Bonchev–Trinajstić information content (AvgIpc) is 2.34. The zero-order valence-corrected chi connectivity index (χ0v) is 11.9. The van der Waals surface area contributed by atoms with Crippen LogP contribution in [0.25, 0.3) is 0 Å². The van der Waals surface area contributed by atoms with E-state index in [0.29, 0.717) is 11.3 Å². The number of amides is 1. The lowest BCUT2D eigenvalue weighted by molar-refractivity contribution is -0.122. The first-order chi connectivity index (χ1) is 9.35. The summed E-state index contributed by atoms with van der Waals surface area (Å²) in [5.74, 6) is -0.107. The molecule has 1 atom stereocenters. The first kappa shape index (κ1) is 16.2. The standard InChI is InChI=1S/C13H21N3O4/c1-7(2)10(6-17)15-11(18)5-4-9-8(3)14-13(20)16-12(9)19/h7,10,17H,4-6H2,1-3H3,(H,15,18)(H2,14,16,19,20)/t10-/m1/s1. The Morgan fingerprint density at radius 2 is 1.95 bits per heavy atom. The molecule has 0 aliphatic rings. The van der Waals surface area contributed by atoms with Crippen molar-refractivity contribution >= 4 is 5.91 Å². The zero-order valence-electron chi connectivity index (χ0n) is 11.9. The molecule has 1 aromatic heterocycles. The van der Waals surface area contributed by atoms with E-state index in [1.807, 2.05) is 13.8 Å². The summed E-state index contributed by atoms with van der Waals surface area (Å²) in [5, 5.41) is 11.9. The summed E-state index contributed by atoms with van der Waals surface area (Å²) in [6.45, 7) is 5.30. The fourth-order valence-electron chi connectivity index (χ4n) is 1.87. The fraction of sp³-hybridized carbons (Fsp3) is 0.615. The van der Waals surface area contributed by atoms with E-state index in [9.17, 15) is 14.4 Å². The second-order valence-corrected chi connectivity index (χ2v) is 5.11. The van der Waals surface area contributed by atoms with Gasteiger partial charge in [-0.25, -0.2) is 4.79 Å².